The second kappa shape index (κ2) is 7.41. The van der Waals surface area contributed by atoms with Gasteiger partial charge in [-0.2, -0.15) is 0 Å². The molecule has 1 unspecified atom stereocenters. The van der Waals surface area contributed by atoms with E-state index in [1.54, 1.807) is 35.6 Å². The molecule has 3 aromatic heterocycles. The first kappa shape index (κ1) is 20.6. The zero-order chi connectivity index (χ0) is 22.6. The number of thiophene rings is 1. The van der Waals surface area contributed by atoms with Gasteiger partial charge in [0.1, 0.15) is 10.6 Å². The molecule has 0 spiro atoms. The highest BCUT2D eigenvalue weighted by Crippen LogP contribution is 2.42. The molecular weight excluding hydrogens is 426 g/mol. The maximum atomic E-state index is 13.0. The molecule has 7 nitrogen and oxygen atoms in total. The van der Waals surface area contributed by atoms with Crippen molar-refractivity contribution in [3.8, 4) is 22.9 Å². The fourth-order valence-corrected chi connectivity index (χ4v) is 5.71. The van der Waals surface area contributed by atoms with Crippen LogP contribution in [0.15, 0.2) is 45.6 Å². The molecule has 1 atom stereocenters. The van der Waals surface area contributed by atoms with Gasteiger partial charge in [-0.05, 0) is 60.4 Å². The van der Waals surface area contributed by atoms with Crippen molar-refractivity contribution in [2.75, 3.05) is 0 Å². The third-order valence-electron chi connectivity index (χ3n) is 6.35. The van der Waals surface area contributed by atoms with Crippen molar-refractivity contribution in [1.82, 2.24) is 9.97 Å². The van der Waals surface area contributed by atoms with Gasteiger partial charge in [0.25, 0.3) is 11.2 Å². The minimum Gasteiger partial charge on any atom is -0.453 e. The Hall–Kier alpha value is -3.26. The molecule has 0 saturated carbocycles. The maximum absolute atomic E-state index is 13.0. The first-order valence-electron chi connectivity index (χ1n) is 10.6. The third kappa shape index (κ3) is 3.54. The molecule has 0 saturated heterocycles. The number of benzene rings is 1. The van der Waals surface area contributed by atoms with Gasteiger partial charge in [0.2, 0.25) is 0 Å². The number of fused-ring (bicyclic) bond motifs is 3. The van der Waals surface area contributed by atoms with Gasteiger partial charge >= 0.3 is 0 Å². The zero-order valence-corrected chi connectivity index (χ0v) is 18.9. The van der Waals surface area contributed by atoms with Gasteiger partial charge in [-0.1, -0.05) is 20.8 Å². The molecule has 3 heterocycles. The number of nitrogens with one attached hydrogen (secondary N) is 1. The van der Waals surface area contributed by atoms with Crippen molar-refractivity contribution >= 4 is 27.2 Å². The minimum absolute atomic E-state index is 0.0207. The van der Waals surface area contributed by atoms with Gasteiger partial charge in [0.05, 0.1) is 10.3 Å². The van der Waals surface area contributed by atoms with Crippen LogP contribution in [-0.4, -0.2) is 14.9 Å². The second-order valence-corrected chi connectivity index (χ2v) is 10.5. The minimum atomic E-state index is -0.439. The van der Waals surface area contributed by atoms with Gasteiger partial charge in [-0.15, -0.1) is 11.3 Å². The standard InChI is InChI=1S/C24H23N3O4S/c1-24(2,3)14-6-9-16-19(12-14)32-23-20(16)22(28)25-21(26-23)18-11-10-17(31-18)13-4-7-15(8-5-13)27(29)30/h4-5,7-8,10-11,14H,6,9,12H2,1-3H3,(H,25,26,28). The smallest absolute Gasteiger partial charge is 0.269 e. The van der Waals surface area contributed by atoms with Crippen LogP contribution in [0.1, 0.15) is 37.6 Å². The Kier molecular flexibility index (Phi) is 4.78. The Morgan fingerprint density at radius 1 is 1.16 bits per heavy atom. The molecule has 1 aromatic carbocycles. The fraction of sp³-hybridized carbons (Fsp3) is 0.333. The van der Waals surface area contributed by atoms with Crippen molar-refractivity contribution < 1.29 is 9.34 Å². The predicted octanol–water partition coefficient (Wildman–Crippen LogP) is 5.97. The average Bonchev–Trinajstić information content (AvgIpc) is 3.37. The van der Waals surface area contributed by atoms with Crippen molar-refractivity contribution in [2.24, 2.45) is 11.3 Å². The van der Waals surface area contributed by atoms with E-state index in [1.165, 1.54) is 17.0 Å². The Morgan fingerprint density at radius 2 is 1.88 bits per heavy atom. The van der Waals surface area contributed by atoms with E-state index in [4.69, 9.17) is 9.40 Å². The SMILES string of the molecule is CC(C)(C)C1CCc2c(sc3nc(-c4ccc(-c5ccc([N+](=O)[O-])cc5)o4)[nH]c(=O)c23)C1. The number of nitro groups is 1. The summed E-state index contributed by atoms with van der Waals surface area (Å²) in [5.41, 5.74) is 1.99. The number of aromatic amines is 1. The molecule has 1 aliphatic rings. The van der Waals surface area contributed by atoms with Crippen molar-refractivity contribution in [3.63, 3.8) is 0 Å². The third-order valence-corrected chi connectivity index (χ3v) is 7.49. The summed E-state index contributed by atoms with van der Waals surface area (Å²) in [6.45, 7) is 6.83. The summed E-state index contributed by atoms with van der Waals surface area (Å²) in [4.78, 5) is 33.0. The molecule has 0 radical (unpaired) electrons. The number of aromatic nitrogens is 2. The highest BCUT2D eigenvalue weighted by Gasteiger charge is 2.31. The van der Waals surface area contributed by atoms with Crippen LogP contribution in [-0.2, 0) is 12.8 Å². The van der Waals surface area contributed by atoms with E-state index in [0.29, 0.717) is 34.2 Å². The van der Waals surface area contributed by atoms with Crippen LogP contribution in [0.25, 0.3) is 33.1 Å². The lowest BCUT2D eigenvalue weighted by atomic mass is 9.72. The monoisotopic (exact) mass is 449 g/mol. The Morgan fingerprint density at radius 3 is 2.56 bits per heavy atom. The normalized spacial score (nSPS) is 16.3. The van der Waals surface area contributed by atoms with Crippen molar-refractivity contribution in [3.05, 3.63) is 67.3 Å². The van der Waals surface area contributed by atoms with Crippen LogP contribution in [0.5, 0.6) is 0 Å². The van der Waals surface area contributed by atoms with Gasteiger partial charge in [0, 0.05) is 22.6 Å². The maximum Gasteiger partial charge on any atom is 0.269 e. The number of nitro benzene ring substituents is 1. The van der Waals surface area contributed by atoms with E-state index < -0.39 is 4.92 Å². The van der Waals surface area contributed by atoms with Crippen LogP contribution in [0.4, 0.5) is 5.69 Å². The highest BCUT2D eigenvalue weighted by molar-refractivity contribution is 7.18. The molecule has 1 aliphatic carbocycles. The summed E-state index contributed by atoms with van der Waals surface area (Å²) in [6.07, 6.45) is 2.98. The lowest BCUT2D eigenvalue weighted by Gasteiger charge is -2.33. The topological polar surface area (TPSA) is 102 Å². The van der Waals surface area contributed by atoms with Crippen LogP contribution < -0.4 is 5.56 Å². The van der Waals surface area contributed by atoms with E-state index in [2.05, 4.69) is 25.8 Å². The summed E-state index contributed by atoms with van der Waals surface area (Å²) in [5, 5.41) is 11.6. The quantitative estimate of drug-likeness (QED) is 0.307. The molecule has 8 heteroatoms. The van der Waals surface area contributed by atoms with E-state index in [0.717, 1.165) is 29.7 Å². The number of rotatable bonds is 3. The number of aryl methyl sites for hydroxylation is 1. The average molecular weight is 450 g/mol. The molecule has 32 heavy (non-hydrogen) atoms. The van der Waals surface area contributed by atoms with E-state index in [-0.39, 0.29) is 16.7 Å². The molecule has 164 valence electrons. The zero-order valence-electron chi connectivity index (χ0n) is 18.1. The summed E-state index contributed by atoms with van der Waals surface area (Å²) in [5.74, 6) is 1.99. The molecule has 0 bridgehead atoms. The summed E-state index contributed by atoms with van der Waals surface area (Å²) in [6, 6.07) is 9.67. The molecule has 0 amide bonds. The van der Waals surface area contributed by atoms with Crippen LogP contribution in [0, 0.1) is 21.4 Å². The van der Waals surface area contributed by atoms with Gasteiger partial charge in [0.15, 0.2) is 11.6 Å². The Labute approximate surface area is 188 Å². The molecule has 0 fully saturated rings. The molecule has 4 aromatic rings. The number of hydrogen-bond acceptors (Lipinski definition) is 6. The summed E-state index contributed by atoms with van der Waals surface area (Å²) < 4.78 is 5.93. The number of nitrogens with zero attached hydrogens (tertiary/aromatic N) is 2. The molecule has 0 aliphatic heterocycles. The summed E-state index contributed by atoms with van der Waals surface area (Å²) >= 11 is 1.61. The van der Waals surface area contributed by atoms with Gasteiger partial charge in [-0.25, -0.2) is 4.98 Å². The fourth-order valence-electron chi connectivity index (χ4n) is 4.41. The first-order valence-corrected chi connectivity index (χ1v) is 11.4. The number of H-pyrrole nitrogens is 1. The highest BCUT2D eigenvalue weighted by atomic mass is 32.1. The van der Waals surface area contributed by atoms with E-state index in [9.17, 15) is 14.9 Å². The van der Waals surface area contributed by atoms with E-state index in [1.807, 2.05) is 0 Å². The predicted molar refractivity (Wildman–Crippen MR) is 125 cm³/mol. The number of hydrogen-bond donors (Lipinski definition) is 1. The van der Waals surface area contributed by atoms with Crippen LogP contribution in [0.2, 0.25) is 0 Å². The number of furan rings is 1. The van der Waals surface area contributed by atoms with Crippen LogP contribution >= 0.6 is 11.3 Å². The first-order chi connectivity index (χ1) is 15.2. The van der Waals surface area contributed by atoms with Gasteiger partial charge < -0.3 is 9.40 Å². The number of non-ortho nitro benzene ring substituents is 1. The molecule has 5 rings (SSSR count). The molecular formula is C24H23N3O4S. The second-order valence-electron chi connectivity index (χ2n) is 9.37. The van der Waals surface area contributed by atoms with Gasteiger partial charge in [-0.3, -0.25) is 14.9 Å². The van der Waals surface area contributed by atoms with Crippen LogP contribution in [0.3, 0.4) is 0 Å². The lowest BCUT2D eigenvalue weighted by molar-refractivity contribution is -0.384. The van der Waals surface area contributed by atoms with Crippen molar-refractivity contribution in [2.45, 2.75) is 40.0 Å². The lowest BCUT2D eigenvalue weighted by Crippen LogP contribution is -2.26. The molecule has 1 N–H and O–H groups in total. The van der Waals surface area contributed by atoms with E-state index >= 15 is 0 Å². The Balaban J connectivity index is 1.50. The Bertz CT molecular complexity index is 1390. The largest absolute Gasteiger partial charge is 0.453 e. The van der Waals surface area contributed by atoms with Crippen molar-refractivity contribution in [1.29, 1.82) is 0 Å². The summed E-state index contributed by atoms with van der Waals surface area (Å²) in [7, 11) is 0.